The van der Waals surface area contributed by atoms with E-state index in [1.165, 1.54) is 9.80 Å². The third-order valence-electron chi connectivity index (χ3n) is 4.56. The summed E-state index contributed by atoms with van der Waals surface area (Å²) in [6, 6.07) is 6.74. The molecule has 2 aliphatic rings. The zero-order valence-electron chi connectivity index (χ0n) is 14.4. The second-order valence-electron chi connectivity index (χ2n) is 6.31. The molecule has 0 saturated carbocycles. The first-order valence-corrected chi connectivity index (χ1v) is 8.19. The molecule has 1 atom stereocenters. The Kier molecular flexibility index (Phi) is 4.78. The summed E-state index contributed by atoms with van der Waals surface area (Å²) in [5, 5.41) is 2.64. The van der Waals surface area contributed by atoms with Crippen molar-refractivity contribution in [3.8, 4) is 5.75 Å². The number of hydrogen-bond acceptors (Lipinski definition) is 4. The van der Waals surface area contributed by atoms with Crippen LogP contribution in [-0.2, 0) is 16.1 Å². The molecule has 1 aromatic carbocycles. The second kappa shape index (κ2) is 7.00. The molecule has 0 spiro atoms. The van der Waals surface area contributed by atoms with Crippen molar-refractivity contribution in [1.82, 2.24) is 20.0 Å². The minimum atomic E-state index is -0.571. The molecule has 2 fully saturated rings. The highest BCUT2D eigenvalue weighted by Crippen LogP contribution is 2.15. The van der Waals surface area contributed by atoms with Gasteiger partial charge in [-0.15, -0.1) is 0 Å². The van der Waals surface area contributed by atoms with E-state index in [-0.39, 0.29) is 24.4 Å². The predicted octanol–water partition coefficient (Wildman–Crippen LogP) is -0.110. The van der Waals surface area contributed by atoms with E-state index < -0.39 is 6.04 Å². The van der Waals surface area contributed by atoms with Gasteiger partial charge in [0.15, 0.2) is 0 Å². The highest BCUT2D eigenvalue weighted by atomic mass is 16.5. The van der Waals surface area contributed by atoms with Crippen molar-refractivity contribution < 1.29 is 19.1 Å². The molecule has 1 aromatic rings. The van der Waals surface area contributed by atoms with Crippen molar-refractivity contribution in [2.45, 2.75) is 12.6 Å². The number of carbonyl (C=O) groups is 3. The summed E-state index contributed by atoms with van der Waals surface area (Å²) in [6.45, 7) is 1.83. The molecule has 134 valence electrons. The number of urea groups is 1. The smallest absolute Gasteiger partial charge is 0.317 e. The van der Waals surface area contributed by atoms with Gasteiger partial charge in [0, 0.05) is 26.7 Å². The fourth-order valence-electron chi connectivity index (χ4n) is 3.04. The quantitative estimate of drug-likeness (QED) is 0.825. The van der Waals surface area contributed by atoms with E-state index in [4.69, 9.17) is 4.74 Å². The van der Waals surface area contributed by atoms with Crippen molar-refractivity contribution in [2.24, 2.45) is 0 Å². The lowest BCUT2D eigenvalue weighted by atomic mass is 10.1. The first-order chi connectivity index (χ1) is 12.0. The maximum atomic E-state index is 12.5. The number of nitrogens with one attached hydrogen (secondary N) is 1. The Labute approximate surface area is 146 Å². The van der Waals surface area contributed by atoms with E-state index in [2.05, 4.69) is 5.32 Å². The molecule has 2 saturated heterocycles. The lowest BCUT2D eigenvalue weighted by Crippen LogP contribution is -2.55. The number of methoxy groups -OCH3 is 1. The fraction of sp³-hybridized carbons (Fsp3) is 0.471. The first-order valence-electron chi connectivity index (χ1n) is 8.19. The minimum absolute atomic E-state index is 0.0467. The zero-order chi connectivity index (χ0) is 18.0. The van der Waals surface area contributed by atoms with Gasteiger partial charge in [-0.05, 0) is 17.7 Å². The first kappa shape index (κ1) is 17.1. The summed E-state index contributed by atoms with van der Waals surface area (Å²) < 4.78 is 5.13. The van der Waals surface area contributed by atoms with E-state index in [1.807, 2.05) is 24.3 Å². The van der Waals surface area contributed by atoms with Gasteiger partial charge in [0.2, 0.25) is 11.8 Å². The Bertz CT molecular complexity index is 676. The number of piperazine rings is 1. The molecule has 4 amide bonds. The number of ether oxygens (including phenoxy) is 1. The van der Waals surface area contributed by atoms with Crippen LogP contribution in [0, 0.1) is 0 Å². The molecule has 0 aliphatic carbocycles. The van der Waals surface area contributed by atoms with Gasteiger partial charge < -0.3 is 24.8 Å². The van der Waals surface area contributed by atoms with Crippen LogP contribution in [-0.4, -0.2) is 78.9 Å². The van der Waals surface area contributed by atoms with Crippen LogP contribution in [0.5, 0.6) is 5.75 Å². The Morgan fingerprint density at radius 1 is 1.24 bits per heavy atom. The zero-order valence-corrected chi connectivity index (χ0v) is 14.4. The van der Waals surface area contributed by atoms with E-state index in [9.17, 15) is 14.4 Å². The van der Waals surface area contributed by atoms with Gasteiger partial charge in [0.05, 0.1) is 20.2 Å². The standard InChI is InChI=1S/C17H22N4O4/c1-19-10-14(18-17(19)24)16(23)21-8-7-20(15(22)11-21)9-12-3-5-13(25-2)6-4-12/h3-6,14H,7-11H2,1-2H3,(H,18,24). The number of carbonyl (C=O) groups excluding carboxylic acids is 3. The predicted molar refractivity (Wildman–Crippen MR) is 89.9 cm³/mol. The van der Waals surface area contributed by atoms with Gasteiger partial charge >= 0.3 is 6.03 Å². The third kappa shape index (κ3) is 3.67. The molecule has 25 heavy (non-hydrogen) atoms. The average molecular weight is 346 g/mol. The number of amides is 4. The third-order valence-corrected chi connectivity index (χ3v) is 4.56. The Hall–Kier alpha value is -2.77. The molecular formula is C17H22N4O4. The number of likely N-dealkylation sites (N-methyl/N-ethyl adjacent to an activating group) is 1. The van der Waals surface area contributed by atoms with Crippen LogP contribution in [0.25, 0.3) is 0 Å². The maximum absolute atomic E-state index is 12.5. The largest absolute Gasteiger partial charge is 0.497 e. The van der Waals surface area contributed by atoms with Crippen LogP contribution < -0.4 is 10.1 Å². The van der Waals surface area contributed by atoms with Crippen molar-refractivity contribution in [1.29, 1.82) is 0 Å². The summed E-state index contributed by atoms with van der Waals surface area (Å²) >= 11 is 0. The van der Waals surface area contributed by atoms with Gasteiger partial charge in [-0.3, -0.25) is 9.59 Å². The molecule has 8 nitrogen and oxygen atoms in total. The van der Waals surface area contributed by atoms with Gasteiger partial charge in [0.1, 0.15) is 11.8 Å². The topological polar surface area (TPSA) is 82.2 Å². The van der Waals surface area contributed by atoms with E-state index in [0.29, 0.717) is 26.2 Å². The summed E-state index contributed by atoms with van der Waals surface area (Å²) in [5.41, 5.74) is 1.01. The van der Waals surface area contributed by atoms with Crippen molar-refractivity contribution in [3.05, 3.63) is 29.8 Å². The Balaban J connectivity index is 1.56. The maximum Gasteiger partial charge on any atom is 0.317 e. The molecule has 2 heterocycles. The Morgan fingerprint density at radius 3 is 2.52 bits per heavy atom. The van der Waals surface area contributed by atoms with Crippen LogP contribution in [0.1, 0.15) is 5.56 Å². The SMILES string of the molecule is COc1ccc(CN2CCN(C(=O)C3CN(C)C(=O)N3)CC2=O)cc1. The van der Waals surface area contributed by atoms with Gasteiger partial charge in [-0.1, -0.05) is 12.1 Å². The molecular weight excluding hydrogens is 324 g/mol. The van der Waals surface area contributed by atoms with Crippen LogP contribution >= 0.6 is 0 Å². The van der Waals surface area contributed by atoms with Crippen LogP contribution in [0.15, 0.2) is 24.3 Å². The van der Waals surface area contributed by atoms with Gasteiger partial charge in [0.25, 0.3) is 0 Å². The number of benzene rings is 1. The van der Waals surface area contributed by atoms with E-state index >= 15 is 0 Å². The average Bonchev–Trinajstić information content (AvgIpc) is 2.95. The van der Waals surface area contributed by atoms with Gasteiger partial charge in [-0.25, -0.2) is 4.79 Å². The molecule has 1 unspecified atom stereocenters. The van der Waals surface area contributed by atoms with E-state index in [0.717, 1.165) is 11.3 Å². The van der Waals surface area contributed by atoms with Crippen LogP contribution in [0.4, 0.5) is 4.79 Å². The van der Waals surface area contributed by atoms with Crippen molar-refractivity contribution >= 4 is 17.8 Å². The normalized spacial score (nSPS) is 20.7. The fourth-order valence-corrected chi connectivity index (χ4v) is 3.04. The summed E-state index contributed by atoms with van der Waals surface area (Å²) in [4.78, 5) is 41.1. The highest BCUT2D eigenvalue weighted by molar-refractivity contribution is 5.93. The van der Waals surface area contributed by atoms with E-state index in [1.54, 1.807) is 19.1 Å². The van der Waals surface area contributed by atoms with Crippen molar-refractivity contribution in [2.75, 3.05) is 40.3 Å². The second-order valence-corrected chi connectivity index (χ2v) is 6.31. The van der Waals surface area contributed by atoms with Gasteiger partial charge in [-0.2, -0.15) is 0 Å². The molecule has 0 bridgehead atoms. The van der Waals surface area contributed by atoms with Crippen molar-refractivity contribution in [3.63, 3.8) is 0 Å². The lowest BCUT2D eigenvalue weighted by Gasteiger charge is -2.35. The Morgan fingerprint density at radius 2 is 1.96 bits per heavy atom. The highest BCUT2D eigenvalue weighted by Gasteiger charge is 2.36. The van der Waals surface area contributed by atoms with Crippen LogP contribution in [0.2, 0.25) is 0 Å². The molecule has 1 N–H and O–H groups in total. The molecule has 3 rings (SSSR count). The molecule has 0 radical (unpaired) electrons. The monoisotopic (exact) mass is 346 g/mol. The molecule has 8 heteroatoms. The molecule has 2 aliphatic heterocycles. The lowest BCUT2D eigenvalue weighted by molar-refractivity contribution is -0.146. The van der Waals surface area contributed by atoms with Crippen LogP contribution in [0.3, 0.4) is 0 Å². The minimum Gasteiger partial charge on any atom is -0.497 e. The summed E-state index contributed by atoms with van der Waals surface area (Å²) in [6.07, 6.45) is 0. The summed E-state index contributed by atoms with van der Waals surface area (Å²) in [5.74, 6) is 0.484. The number of nitrogens with zero attached hydrogens (tertiary/aromatic N) is 3. The molecule has 0 aromatic heterocycles. The summed E-state index contributed by atoms with van der Waals surface area (Å²) in [7, 11) is 3.25. The number of hydrogen-bond donors (Lipinski definition) is 1. The number of rotatable bonds is 4.